The highest BCUT2D eigenvalue weighted by Gasteiger charge is 2.10. The average molecular weight is 1480 g/mol. The Kier molecular flexibility index (Phi) is 60.3. The Bertz CT molecular complexity index is 3880. The fourth-order valence-electron chi connectivity index (χ4n) is 8.87. The summed E-state index contributed by atoms with van der Waals surface area (Å²) in [4.78, 5) is 39.0. The Morgan fingerprint density at radius 3 is 1.72 bits per heavy atom. The first-order valence-corrected chi connectivity index (χ1v) is 39.7. The van der Waals surface area contributed by atoms with Gasteiger partial charge in [0.1, 0.15) is 41.7 Å². The third-order valence-electron chi connectivity index (χ3n) is 13.2. The minimum Gasteiger partial charge on any atom is -0.491 e. The van der Waals surface area contributed by atoms with Crippen molar-refractivity contribution >= 4 is 88.9 Å². The maximum atomic E-state index is 5.24. The minimum absolute atomic E-state index is 0.644. The molecule has 5 aromatic carbocycles. The van der Waals surface area contributed by atoms with Gasteiger partial charge in [-0.2, -0.15) is 14.6 Å². The van der Waals surface area contributed by atoms with Gasteiger partial charge in [0.2, 0.25) is 5.71 Å². The lowest BCUT2D eigenvalue weighted by Crippen LogP contribution is -1.85. The maximum Gasteiger partial charge on any atom is 0.228 e. The lowest BCUT2D eigenvalue weighted by Gasteiger charge is -1.93. The molecule has 15 aromatic rings. The smallest absolute Gasteiger partial charge is 0.228 e. The molecule has 0 amide bonds. The van der Waals surface area contributed by atoms with E-state index in [0.29, 0.717) is 12.3 Å². The average Bonchev–Trinajstić information content (AvgIpc) is 1.82. The highest BCUT2D eigenvalue weighted by molar-refractivity contribution is 7.16. The molecular weight excluding hydrogens is 1360 g/mol. The summed E-state index contributed by atoms with van der Waals surface area (Å²) in [5.74, 6) is 0.956. The van der Waals surface area contributed by atoms with E-state index in [0.717, 1.165) is 64.1 Å². The Labute approximate surface area is 647 Å². The standard InChI is InChI=1S/C9H7N.C9H8.C8H9N.C8H7N.C7H7NO.C7H5NO.C7H5NS.C6H5N3.C6H4N2O.C2H2N2S.10C2H6/c1-2-6-9-8(4-1)5-3-7-10-9;1-2-5-9-7-3-6-8(9)4-1;1-3-7-4-2-6-9-8(7)5-1;1-2-4-8-7(3-1)5-6-9-8;1-3-8-5-7-6(1)2-4-9-7;2*1-2-4-7-6(3-1)8-5-9-7;1-2-5-6(7-3-1)4-8-9-5;1-2-9-6-5(1)3-7-4-8-6;1-3-2-5-4-1;10*1-2/h1-7H;1-6H,7H2;2,4,6H,1,3,5H2;1-6,9H;1,3,5H,2,4H2;2*1-5H;1-3H,4H2;1-4H;1-2H;10*1-2H3. The fraction of sp³-hybridized carbons (Fsp3) is 0.303. The number of pyridine rings is 4. The molecule has 0 spiro atoms. The van der Waals surface area contributed by atoms with Crippen molar-refractivity contribution in [3.8, 4) is 5.75 Å². The summed E-state index contributed by atoms with van der Waals surface area (Å²) >= 11 is 3.03. The summed E-state index contributed by atoms with van der Waals surface area (Å²) in [6.07, 6.45) is 29.0. The zero-order valence-corrected chi connectivity index (χ0v) is 68.9. The number of oxazole rings is 1. The number of rotatable bonds is 0. The van der Waals surface area contributed by atoms with Gasteiger partial charge in [-0.1, -0.05) is 248 Å². The molecule has 2 aliphatic heterocycles. The van der Waals surface area contributed by atoms with E-state index in [1.807, 2.05) is 272 Å². The summed E-state index contributed by atoms with van der Waals surface area (Å²) in [6, 6.07) is 58.5. The number of fused-ring (bicyclic) bond motifs is 9. The third-order valence-corrected chi connectivity index (χ3v) is 14.4. The number of ether oxygens (including phenoxy) is 1. The fourth-order valence-corrected chi connectivity index (χ4v) is 9.82. The van der Waals surface area contributed by atoms with Crippen LogP contribution >= 0.6 is 22.9 Å². The van der Waals surface area contributed by atoms with E-state index in [9.17, 15) is 0 Å². The minimum atomic E-state index is 0.644. The quantitative estimate of drug-likeness (QED) is 0.150. The number of aromatic amines is 1. The number of H-pyrrole nitrogens is 1. The van der Waals surface area contributed by atoms with Crippen LogP contribution in [-0.2, 0) is 32.2 Å². The number of aryl methyl sites for hydroxylation is 2. The molecule has 1 N–H and O–H groups in total. The SMILES string of the molecule is C1=Cc2ccccc2C1.CC.CC.CC.CC.CC.CC.CC.CC.CC.CC.c1cc2c(cn1)OCC2.c1ccc2[nH]ccc2c1.c1ccc2ncccc2c1.c1ccc2ocnc2c1.c1ccc2scnc2c1.c1cnc2c(c1)CCC2.c1cnc2c(c1)N=NC2.c1ncc2ccoc2n1.c1ncsn1. The molecule has 0 bridgehead atoms. The van der Waals surface area contributed by atoms with E-state index in [-0.39, 0.29) is 0 Å². The number of para-hydroxylation sites is 5. The molecule has 4 aliphatic rings. The Hall–Kier alpha value is -10.8. The van der Waals surface area contributed by atoms with Crippen LogP contribution in [0.5, 0.6) is 5.75 Å². The number of nitrogens with one attached hydrogen (secondary N) is 1. The van der Waals surface area contributed by atoms with Crippen LogP contribution in [0, 0.1) is 0 Å². The number of allylic oxidation sites excluding steroid dienone is 1. The van der Waals surface area contributed by atoms with E-state index in [1.54, 1.807) is 47.9 Å². The molecule has 570 valence electrons. The van der Waals surface area contributed by atoms with Crippen molar-refractivity contribution in [3.05, 3.63) is 295 Å². The summed E-state index contributed by atoms with van der Waals surface area (Å²) in [5.41, 5.74) is 18.1. The number of nitrogens with zero attached hydrogens (tertiary/aromatic N) is 12. The van der Waals surface area contributed by atoms with Crippen molar-refractivity contribution in [3.63, 3.8) is 0 Å². The first kappa shape index (κ1) is 96.2. The van der Waals surface area contributed by atoms with Crippen molar-refractivity contribution in [2.24, 2.45) is 10.2 Å². The number of thiazole rings is 1. The molecule has 0 radical (unpaired) electrons. The van der Waals surface area contributed by atoms with Crippen LogP contribution in [0.3, 0.4) is 0 Å². The van der Waals surface area contributed by atoms with Gasteiger partial charge < -0.3 is 18.6 Å². The van der Waals surface area contributed by atoms with Gasteiger partial charge in [0, 0.05) is 65.8 Å². The van der Waals surface area contributed by atoms with Gasteiger partial charge in [-0.15, -0.1) is 11.3 Å². The molecule has 16 nitrogen and oxygen atoms in total. The zero-order chi connectivity index (χ0) is 79.2. The number of furan rings is 1. The van der Waals surface area contributed by atoms with Crippen LogP contribution in [0.25, 0.3) is 60.3 Å². The van der Waals surface area contributed by atoms with E-state index in [2.05, 4.69) is 143 Å². The van der Waals surface area contributed by atoms with Gasteiger partial charge in [0.15, 0.2) is 12.0 Å². The summed E-state index contributed by atoms with van der Waals surface area (Å²) in [6.45, 7) is 41.5. The second-order valence-electron chi connectivity index (χ2n) is 18.9. The molecule has 107 heavy (non-hydrogen) atoms. The zero-order valence-electron chi connectivity index (χ0n) is 67.3. The van der Waals surface area contributed by atoms with Crippen LogP contribution < -0.4 is 4.74 Å². The van der Waals surface area contributed by atoms with Gasteiger partial charge in [0.05, 0.1) is 51.4 Å². The molecule has 18 heteroatoms. The lowest BCUT2D eigenvalue weighted by atomic mass is 10.1. The van der Waals surface area contributed by atoms with Crippen molar-refractivity contribution in [2.75, 3.05) is 6.61 Å². The second-order valence-corrected chi connectivity index (χ2v) is 20.4. The van der Waals surface area contributed by atoms with Gasteiger partial charge in [0.25, 0.3) is 0 Å². The largest absolute Gasteiger partial charge is 0.491 e. The molecule has 0 atom stereocenters. The van der Waals surface area contributed by atoms with Gasteiger partial charge in [-0.25, -0.2) is 24.9 Å². The summed E-state index contributed by atoms with van der Waals surface area (Å²) in [5, 5.41) is 11.1. The molecule has 0 saturated heterocycles. The Morgan fingerprint density at radius 2 is 1.07 bits per heavy atom. The van der Waals surface area contributed by atoms with E-state index < -0.39 is 0 Å². The third kappa shape index (κ3) is 37.6. The Morgan fingerprint density at radius 1 is 0.430 bits per heavy atom. The highest BCUT2D eigenvalue weighted by atomic mass is 32.1. The van der Waals surface area contributed by atoms with Crippen LogP contribution in [0.4, 0.5) is 5.69 Å². The molecule has 2 aliphatic carbocycles. The molecule has 0 saturated carbocycles. The normalized spacial score (nSPS) is 10.2. The molecule has 12 heterocycles. The summed E-state index contributed by atoms with van der Waals surface area (Å²) in [7, 11) is 0. The van der Waals surface area contributed by atoms with Gasteiger partial charge in [-0.3, -0.25) is 19.9 Å². The van der Waals surface area contributed by atoms with Crippen LogP contribution in [-0.4, -0.2) is 60.8 Å². The predicted octanol–water partition coefficient (Wildman–Crippen LogP) is 27.1. The number of aromatic nitrogens is 11. The maximum absolute atomic E-state index is 5.24. The van der Waals surface area contributed by atoms with Gasteiger partial charge >= 0.3 is 0 Å². The topological polar surface area (TPSA) is 205 Å². The number of benzene rings is 5. The summed E-state index contributed by atoms with van der Waals surface area (Å²) < 4.78 is 20.1. The first-order chi connectivity index (χ1) is 53.2. The van der Waals surface area contributed by atoms with E-state index >= 15 is 0 Å². The van der Waals surface area contributed by atoms with Crippen molar-refractivity contribution in [2.45, 2.75) is 177 Å². The van der Waals surface area contributed by atoms with E-state index in [1.165, 1.54) is 98.8 Å². The molecule has 0 fully saturated rings. The van der Waals surface area contributed by atoms with E-state index in [4.69, 9.17) is 13.6 Å². The van der Waals surface area contributed by atoms with Crippen molar-refractivity contribution < 1.29 is 13.6 Å². The number of hydrogen-bond acceptors (Lipinski definition) is 17. The monoisotopic (exact) mass is 1480 g/mol. The lowest BCUT2D eigenvalue weighted by molar-refractivity contribution is 0.355. The Balaban J connectivity index is 0.00000114. The van der Waals surface area contributed by atoms with Gasteiger partial charge in [-0.05, 0) is 138 Å². The predicted molar refractivity (Wildman–Crippen MR) is 460 cm³/mol. The second kappa shape index (κ2) is 67.1. The molecule has 10 aromatic heterocycles. The highest BCUT2D eigenvalue weighted by Crippen LogP contribution is 2.24. The number of azo groups is 1. The molecular formula is C89H119N13O3S2. The van der Waals surface area contributed by atoms with Crippen molar-refractivity contribution in [1.29, 1.82) is 0 Å². The molecule has 0 unspecified atom stereocenters. The number of hydrogen-bond donors (Lipinski definition) is 1. The first-order valence-electron chi connectivity index (χ1n) is 38.0. The molecule has 19 rings (SSSR count). The van der Waals surface area contributed by atoms with Crippen molar-refractivity contribution in [1.82, 2.24) is 54.2 Å². The van der Waals surface area contributed by atoms with Crippen LogP contribution in [0.2, 0.25) is 0 Å². The van der Waals surface area contributed by atoms with Crippen LogP contribution in [0.15, 0.2) is 281 Å². The van der Waals surface area contributed by atoms with Crippen LogP contribution in [0.1, 0.15) is 179 Å².